The summed E-state index contributed by atoms with van der Waals surface area (Å²) in [6.45, 7) is 1.60. The van der Waals surface area contributed by atoms with E-state index in [4.69, 9.17) is 5.73 Å². The minimum atomic E-state index is -0.916. The fourth-order valence-corrected chi connectivity index (χ4v) is 2.57. The summed E-state index contributed by atoms with van der Waals surface area (Å²) in [6, 6.07) is 6.30. The van der Waals surface area contributed by atoms with Gasteiger partial charge in [0.1, 0.15) is 6.04 Å². The highest BCUT2D eigenvalue weighted by molar-refractivity contribution is 7.12. The second-order valence-electron chi connectivity index (χ2n) is 4.43. The molecule has 3 N–H and O–H groups in total. The monoisotopic (exact) mass is 301 g/mol. The van der Waals surface area contributed by atoms with Crippen LogP contribution in [0.2, 0.25) is 0 Å². The molecule has 2 heterocycles. The third-order valence-corrected chi connectivity index (χ3v) is 3.76. The first-order chi connectivity index (χ1) is 10.1. The topological polar surface area (TPSA) is 79.4 Å². The third kappa shape index (κ3) is 4.31. The molecule has 0 aliphatic carbocycles. The predicted octanol–water partition coefficient (Wildman–Crippen LogP) is 2.24. The van der Waals surface area contributed by atoms with E-state index >= 15 is 0 Å². The molecule has 0 aromatic carbocycles. The second kappa shape index (κ2) is 6.88. The number of carbonyl (C=O) groups is 1. The number of primary amides is 1. The molecule has 6 heteroatoms. The number of aromatic nitrogens is 1. The van der Waals surface area contributed by atoms with Gasteiger partial charge in [-0.1, -0.05) is 17.9 Å². The predicted molar refractivity (Wildman–Crippen MR) is 80.9 cm³/mol. The molecular weight excluding hydrogens is 286 g/mol. The molecule has 1 atom stereocenters. The Labute approximate surface area is 127 Å². The lowest BCUT2D eigenvalue weighted by Crippen LogP contribution is -2.38. The molecule has 0 aliphatic heterocycles. The van der Waals surface area contributed by atoms with Crippen LogP contribution in [0.4, 0.5) is 4.79 Å². The van der Waals surface area contributed by atoms with E-state index in [0.717, 1.165) is 16.9 Å². The zero-order valence-corrected chi connectivity index (χ0v) is 12.3. The number of urea groups is 1. The largest absolute Gasteiger partial charge is 0.350 e. The van der Waals surface area contributed by atoms with Crippen LogP contribution in [0.15, 0.2) is 36.7 Å². The SMILES string of the molecule is CC(C#Cc1ccc(Cc2cccnc2)s1)N(O)C(N)=O. The smallest absolute Gasteiger partial charge is 0.339 e. The van der Waals surface area contributed by atoms with Crippen LogP contribution in [0.25, 0.3) is 0 Å². The first kappa shape index (κ1) is 15.0. The van der Waals surface area contributed by atoms with Crippen molar-refractivity contribution in [2.75, 3.05) is 0 Å². The van der Waals surface area contributed by atoms with Crippen molar-refractivity contribution < 1.29 is 10.0 Å². The summed E-state index contributed by atoms with van der Waals surface area (Å²) < 4.78 is 0. The molecule has 0 saturated carbocycles. The summed E-state index contributed by atoms with van der Waals surface area (Å²) >= 11 is 1.57. The van der Waals surface area contributed by atoms with Crippen molar-refractivity contribution >= 4 is 17.4 Å². The van der Waals surface area contributed by atoms with Crippen LogP contribution in [0.1, 0.15) is 22.2 Å². The van der Waals surface area contributed by atoms with E-state index < -0.39 is 12.1 Å². The molecule has 0 saturated heterocycles. The van der Waals surface area contributed by atoms with Crippen molar-refractivity contribution in [3.05, 3.63) is 52.0 Å². The van der Waals surface area contributed by atoms with Crippen molar-refractivity contribution in [2.45, 2.75) is 19.4 Å². The number of hydrogen-bond donors (Lipinski definition) is 2. The van der Waals surface area contributed by atoms with Crippen LogP contribution >= 0.6 is 11.3 Å². The van der Waals surface area contributed by atoms with Crippen molar-refractivity contribution in [1.82, 2.24) is 10.0 Å². The molecule has 2 rings (SSSR count). The maximum absolute atomic E-state index is 10.8. The average Bonchev–Trinajstić information content (AvgIpc) is 2.92. The highest BCUT2D eigenvalue weighted by Gasteiger charge is 2.11. The third-order valence-electron chi connectivity index (χ3n) is 2.76. The van der Waals surface area contributed by atoms with Crippen LogP contribution in [0.5, 0.6) is 0 Å². The number of amides is 2. The van der Waals surface area contributed by atoms with Gasteiger partial charge < -0.3 is 5.73 Å². The summed E-state index contributed by atoms with van der Waals surface area (Å²) in [5, 5.41) is 9.74. The van der Waals surface area contributed by atoms with E-state index in [1.807, 2.05) is 30.5 Å². The Hall–Kier alpha value is -2.36. The lowest BCUT2D eigenvalue weighted by atomic mass is 10.2. The number of carbonyl (C=O) groups excluding carboxylic acids is 1. The van der Waals surface area contributed by atoms with Gasteiger partial charge in [-0.25, -0.2) is 4.79 Å². The summed E-state index contributed by atoms with van der Waals surface area (Å²) in [5.74, 6) is 5.71. The zero-order chi connectivity index (χ0) is 15.2. The highest BCUT2D eigenvalue weighted by Crippen LogP contribution is 2.18. The van der Waals surface area contributed by atoms with Crippen LogP contribution in [-0.4, -0.2) is 27.3 Å². The van der Waals surface area contributed by atoms with Gasteiger partial charge in [-0.15, -0.1) is 11.3 Å². The normalized spacial score (nSPS) is 11.3. The Bertz CT molecular complexity index is 673. The Balaban J connectivity index is 2.02. The molecule has 108 valence electrons. The van der Waals surface area contributed by atoms with E-state index in [2.05, 4.69) is 16.8 Å². The van der Waals surface area contributed by atoms with Gasteiger partial charge in [0, 0.05) is 23.7 Å². The number of thiophene rings is 1. The van der Waals surface area contributed by atoms with E-state index in [0.29, 0.717) is 5.06 Å². The van der Waals surface area contributed by atoms with Gasteiger partial charge in [0.25, 0.3) is 0 Å². The van der Waals surface area contributed by atoms with Gasteiger partial charge in [0.2, 0.25) is 0 Å². The van der Waals surface area contributed by atoms with Gasteiger partial charge in [0.15, 0.2) is 0 Å². The van der Waals surface area contributed by atoms with Crippen molar-refractivity contribution in [1.29, 1.82) is 0 Å². The number of nitrogens with two attached hydrogens (primary N) is 1. The minimum absolute atomic E-state index is 0.414. The molecule has 0 fully saturated rings. The van der Waals surface area contributed by atoms with Crippen LogP contribution < -0.4 is 5.73 Å². The number of rotatable bonds is 3. The molecule has 1 unspecified atom stereocenters. The Morgan fingerprint density at radius 2 is 2.33 bits per heavy atom. The molecule has 0 aliphatic rings. The zero-order valence-electron chi connectivity index (χ0n) is 11.5. The second-order valence-corrected chi connectivity index (χ2v) is 5.60. The molecule has 2 amide bonds. The first-order valence-electron chi connectivity index (χ1n) is 6.33. The van der Waals surface area contributed by atoms with Crippen LogP contribution in [0.3, 0.4) is 0 Å². The summed E-state index contributed by atoms with van der Waals surface area (Å²) in [4.78, 5) is 16.9. The molecule has 0 bridgehead atoms. The maximum atomic E-state index is 10.8. The maximum Gasteiger partial charge on any atom is 0.339 e. The molecule has 2 aromatic heterocycles. The number of nitrogens with zero attached hydrogens (tertiary/aromatic N) is 2. The fraction of sp³-hybridized carbons (Fsp3) is 0.200. The molecule has 0 radical (unpaired) electrons. The van der Waals surface area contributed by atoms with E-state index in [9.17, 15) is 10.0 Å². The molecule has 21 heavy (non-hydrogen) atoms. The van der Waals surface area contributed by atoms with Gasteiger partial charge in [-0.3, -0.25) is 10.2 Å². The summed E-state index contributed by atoms with van der Waals surface area (Å²) in [6.07, 6.45) is 4.39. The minimum Gasteiger partial charge on any atom is -0.350 e. The number of hydrogen-bond acceptors (Lipinski definition) is 4. The van der Waals surface area contributed by atoms with E-state index in [1.165, 1.54) is 4.88 Å². The van der Waals surface area contributed by atoms with Crippen LogP contribution in [0, 0.1) is 11.8 Å². The Kier molecular flexibility index (Phi) is 4.93. The lowest BCUT2D eigenvalue weighted by molar-refractivity contribution is -0.0536. The number of hydroxylamine groups is 2. The quantitative estimate of drug-likeness (QED) is 0.518. The Morgan fingerprint density at radius 3 is 3.00 bits per heavy atom. The average molecular weight is 301 g/mol. The van der Waals surface area contributed by atoms with Crippen molar-refractivity contribution in [3.63, 3.8) is 0 Å². The van der Waals surface area contributed by atoms with Gasteiger partial charge in [0.05, 0.1) is 4.88 Å². The van der Waals surface area contributed by atoms with E-state index in [-0.39, 0.29) is 0 Å². The van der Waals surface area contributed by atoms with Crippen molar-refractivity contribution in [2.24, 2.45) is 5.73 Å². The molecule has 5 nitrogen and oxygen atoms in total. The lowest BCUT2D eigenvalue weighted by Gasteiger charge is -2.14. The Morgan fingerprint density at radius 1 is 1.52 bits per heavy atom. The number of pyridine rings is 1. The molecule has 2 aromatic rings. The van der Waals surface area contributed by atoms with Gasteiger partial charge in [-0.05, 0) is 30.7 Å². The van der Waals surface area contributed by atoms with Crippen molar-refractivity contribution in [3.8, 4) is 11.8 Å². The fourth-order valence-electron chi connectivity index (χ4n) is 1.67. The molecular formula is C15H15N3O2S. The van der Waals surface area contributed by atoms with Gasteiger partial charge >= 0.3 is 6.03 Å². The summed E-state index contributed by atoms with van der Waals surface area (Å²) in [7, 11) is 0. The first-order valence-corrected chi connectivity index (χ1v) is 7.14. The van der Waals surface area contributed by atoms with Crippen LogP contribution in [-0.2, 0) is 6.42 Å². The highest BCUT2D eigenvalue weighted by atomic mass is 32.1. The van der Waals surface area contributed by atoms with Gasteiger partial charge in [-0.2, -0.15) is 5.06 Å². The summed E-state index contributed by atoms with van der Waals surface area (Å²) in [5.41, 5.74) is 6.10. The molecule has 0 spiro atoms. The standard InChI is InChI=1S/C15H15N3O2S/c1-11(18(20)15(16)19)4-5-13-6-7-14(21-13)9-12-3-2-8-17-10-12/h2-3,6-8,10-11,20H,9H2,1H3,(H2,16,19). The van der Waals surface area contributed by atoms with E-state index in [1.54, 1.807) is 24.5 Å².